The van der Waals surface area contributed by atoms with Crippen LogP contribution in [0.15, 0.2) is 36.4 Å². The molecule has 1 heterocycles. The summed E-state index contributed by atoms with van der Waals surface area (Å²) < 4.78 is 1.06. The summed E-state index contributed by atoms with van der Waals surface area (Å²) in [6, 6.07) is 7.77. The van der Waals surface area contributed by atoms with Crippen LogP contribution in [-0.4, -0.2) is 10.9 Å². The van der Waals surface area contributed by atoms with E-state index in [1.54, 1.807) is 6.92 Å². The SMILES string of the molecule is C=C(C)C(=O)Nc1nc2ccccc2s1. The second-order valence-electron chi connectivity index (χ2n) is 3.22. The largest absolute Gasteiger partial charge is 0.298 e. The van der Waals surface area contributed by atoms with E-state index in [1.165, 1.54) is 11.3 Å². The van der Waals surface area contributed by atoms with Crippen molar-refractivity contribution in [3.8, 4) is 0 Å². The maximum absolute atomic E-state index is 11.3. The van der Waals surface area contributed by atoms with Crippen LogP contribution in [0.5, 0.6) is 0 Å². The van der Waals surface area contributed by atoms with Gasteiger partial charge in [0.1, 0.15) is 0 Å². The van der Waals surface area contributed by atoms with Gasteiger partial charge in [-0.25, -0.2) is 4.98 Å². The van der Waals surface area contributed by atoms with Crippen LogP contribution in [0, 0.1) is 0 Å². The maximum atomic E-state index is 11.3. The fourth-order valence-electron chi connectivity index (χ4n) is 1.13. The molecule has 0 saturated carbocycles. The molecule has 1 aromatic heterocycles. The van der Waals surface area contributed by atoms with Gasteiger partial charge < -0.3 is 0 Å². The molecule has 0 aliphatic carbocycles. The van der Waals surface area contributed by atoms with E-state index in [2.05, 4.69) is 16.9 Å². The molecule has 15 heavy (non-hydrogen) atoms. The summed E-state index contributed by atoms with van der Waals surface area (Å²) >= 11 is 1.46. The molecule has 1 aromatic carbocycles. The molecule has 3 nitrogen and oxygen atoms in total. The van der Waals surface area contributed by atoms with E-state index in [4.69, 9.17) is 0 Å². The standard InChI is InChI=1S/C11H10N2OS/c1-7(2)10(14)13-11-12-8-5-3-4-6-9(8)15-11/h3-6H,1H2,2H3,(H,12,13,14). The molecule has 0 aliphatic heterocycles. The Morgan fingerprint density at radius 2 is 2.20 bits per heavy atom. The average molecular weight is 218 g/mol. The Bertz CT molecular complexity index is 497. The van der Waals surface area contributed by atoms with E-state index >= 15 is 0 Å². The highest BCUT2D eigenvalue weighted by molar-refractivity contribution is 7.22. The van der Waals surface area contributed by atoms with Gasteiger partial charge in [-0.15, -0.1) is 0 Å². The number of carbonyl (C=O) groups is 1. The first-order chi connectivity index (χ1) is 7.16. The Balaban J connectivity index is 2.30. The van der Waals surface area contributed by atoms with Gasteiger partial charge in [-0.2, -0.15) is 0 Å². The van der Waals surface area contributed by atoms with Gasteiger partial charge in [-0.05, 0) is 19.1 Å². The minimum atomic E-state index is -0.186. The number of hydrogen-bond acceptors (Lipinski definition) is 3. The van der Waals surface area contributed by atoms with Crippen LogP contribution in [0.1, 0.15) is 6.92 Å². The van der Waals surface area contributed by atoms with Crippen LogP contribution in [-0.2, 0) is 4.79 Å². The third-order valence-electron chi connectivity index (χ3n) is 1.90. The van der Waals surface area contributed by atoms with E-state index in [1.807, 2.05) is 24.3 Å². The van der Waals surface area contributed by atoms with E-state index < -0.39 is 0 Å². The first kappa shape index (κ1) is 9.86. The average Bonchev–Trinajstić information content (AvgIpc) is 2.59. The van der Waals surface area contributed by atoms with Gasteiger partial charge >= 0.3 is 0 Å². The van der Waals surface area contributed by atoms with Crippen LogP contribution in [0.3, 0.4) is 0 Å². The molecule has 0 bridgehead atoms. The smallest absolute Gasteiger partial charge is 0.252 e. The summed E-state index contributed by atoms with van der Waals surface area (Å²) in [5, 5.41) is 3.31. The quantitative estimate of drug-likeness (QED) is 0.787. The van der Waals surface area contributed by atoms with E-state index in [9.17, 15) is 4.79 Å². The molecule has 0 unspecified atom stereocenters. The molecule has 1 N–H and O–H groups in total. The molecule has 0 aliphatic rings. The third-order valence-corrected chi connectivity index (χ3v) is 2.85. The zero-order chi connectivity index (χ0) is 10.8. The molecule has 0 atom stereocenters. The predicted octanol–water partition coefficient (Wildman–Crippen LogP) is 2.81. The first-order valence-electron chi connectivity index (χ1n) is 4.49. The molecule has 76 valence electrons. The summed E-state index contributed by atoms with van der Waals surface area (Å²) in [6.45, 7) is 5.24. The van der Waals surface area contributed by atoms with Crippen LogP contribution in [0.25, 0.3) is 10.2 Å². The predicted molar refractivity (Wildman–Crippen MR) is 63.1 cm³/mol. The van der Waals surface area contributed by atoms with Crippen LogP contribution >= 0.6 is 11.3 Å². The summed E-state index contributed by atoms with van der Waals surface area (Å²) in [6.07, 6.45) is 0. The Kier molecular flexibility index (Phi) is 2.51. The normalized spacial score (nSPS) is 10.2. The molecule has 2 rings (SSSR count). The number of nitrogens with one attached hydrogen (secondary N) is 1. The van der Waals surface area contributed by atoms with Crippen molar-refractivity contribution < 1.29 is 4.79 Å². The van der Waals surface area contributed by atoms with Crippen molar-refractivity contribution in [1.82, 2.24) is 4.98 Å². The Morgan fingerprint density at radius 1 is 1.47 bits per heavy atom. The minimum absolute atomic E-state index is 0.186. The number of carbonyl (C=O) groups excluding carboxylic acids is 1. The van der Waals surface area contributed by atoms with Crippen molar-refractivity contribution in [2.45, 2.75) is 6.92 Å². The molecule has 0 saturated heterocycles. The lowest BCUT2D eigenvalue weighted by Gasteiger charge is -1.97. The number of thiazole rings is 1. The zero-order valence-electron chi connectivity index (χ0n) is 8.28. The number of benzene rings is 1. The first-order valence-corrected chi connectivity index (χ1v) is 5.31. The maximum Gasteiger partial charge on any atom is 0.252 e. The summed E-state index contributed by atoms with van der Waals surface area (Å²) in [5.74, 6) is -0.186. The minimum Gasteiger partial charge on any atom is -0.298 e. The number of nitrogens with zero attached hydrogens (tertiary/aromatic N) is 1. The lowest BCUT2D eigenvalue weighted by Crippen LogP contribution is -2.11. The molecule has 0 radical (unpaired) electrons. The van der Waals surface area contributed by atoms with Gasteiger partial charge in [0.25, 0.3) is 5.91 Å². The van der Waals surface area contributed by atoms with E-state index in [0.29, 0.717) is 10.7 Å². The number of anilines is 1. The van der Waals surface area contributed by atoms with E-state index in [0.717, 1.165) is 10.2 Å². The fraction of sp³-hybridized carbons (Fsp3) is 0.0909. The molecule has 4 heteroatoms. The number of rotatable bonds is 2. The van der Waals surface area contributed by atoms with Crippen molar-refractivity contribution >= 4 is 32.6 Å². The third kappa shape index (κ3) is 2.05. The van der Waals surface area contributed by atoms with Crippen molar-refractivity contribution in [2.75, 3.05) is 5.32 Å². The van der Waals surface area contributed by atoms with Crippen molar-refractivity contribution in [3.63, 3.8) is 0 Å². The monoisotopic (exact) mass is 218 g/mol. The number of para-hydroxylation sites is 1. The second kappa shape index (κ2) is 3.82. The summed E-state index contributed by atoms with van der Waals surface area (Å²) in [7, 11) is 0. The molecule has 0 spiro atoms. The lowest BCUT2D eigenvalue weighted by atomic mass is 10.3. The van der Waals surface area contributed by atoms with Gasteiger partial charge in [0.15, 0.2) is 5.13 Å². The Labute approximate surface area is 91.5 Å². The summed E-state index contributed by atoms with van der Waals surface area (Å²) in [4.78, 5) is 15.6. The van der Waals surface area contributed by atoms with Crippen molar-refractivity contribution in [2.24, 2.45) is 0 Å². The topological polar surface area (TPSA) is 42.0 Å². The van der Waals surface area contributed by atoms with E-state index in [-0.39, 0.29) is 5.91 Å². The van der Waals surface area contributed by atoms with Crippen molar-refractivity contribution in [1.29, 1.82) is 0 Å². The fourth-order valence-corrected chi connectivity index (χ4v) is 1.99. The molecular weight excluding hydrogens is 208 g/mol. The molecule has 1 amide bonds. The highest BCUT2D eigenvalue weighted by Gasteiger charge is 2.07. The lowest BCUT2D eigenvalue weighted by molar-refractivity contribution is -0.112. The molecule has 2 aromatic rings. The van der Waals surface area contributed by atoms with Crippen molar-refractivity contribution in [3.05, 3.63) is 36.4 Å². The number of aromatic nitrogens is 1. The Morgan fingerprint density at radius 3 is 2.87 bits per heavy atom. The van der Waals surface area contributed by atoms with Gasteiger partial charge in [-0.3, -0.25) is 10.1 Å². The highest BCUT2D eigenvalue weighted by atomic mass is 32.1. The number of fused-ring (bicyclic) bond motifs is 1. The van der Waals surface area contributed by atoms with Crippen LogP contribution in [0.2, 0.25) is 0 Å². The Hall–Kier alpha value is -1.68. The molecule has 0 fully saturated rings. The van der Waals surface area contributed by atoms with Crippen LogP contribution in [0.4, 0.5) is 5.13 Å². The molecular formula is C11H10N2OS. The second-order valence-corrected chi connectivity index (χ2v) is 4.25. The number of amides is 1. The summed E-state index contributed by atoms with van der Waals surface area (Å²) in [5.41, 5.74) is 1.38. The zero-order valence-corrected chi connectivity index (χ0v) is 9.10. The van der Waals surface area contributed by atoms with Gasteiger partial charge in [0.05, 0.1) is 10.2 Å². The highest BCUT2D eigenvalue weighted by Crippen LogP contribution is 2.25. The number of hydrogen-bond donors (Lipinski definition) is 1. The van der Waals surface area contributed by atoms with Gasteiger partial charge in [0, 0.05) is 5.57 Å². The van der Waals surface area contributed by atoms with Gasteiger partial charge in [-0.1, -0.05) is 30.0 Å². The van der Waals surface area contributed by atoms with Crippen LogP contribution < -0.4 is 5.32 Å². The van der Waals surface area contributed by atoms with Gasteiger partial charge in [0.2, 0.25) is 0 Å².